The third-order valence-corrected chi connectivity index (χ3v) is 4.17. The molecule has 0 saturated carbocycles. The number of aromatic nitrogens is 1. The quantitative estimate of drug-likeness (QED) is 0.864. The first-order valence-electron chi connectivity index (χ1n) is 6.75. The van der Waals surface area contributed by atoms with Crippen LogP contribution in [0, 0.1) is 5.92 Å². The van der Waals surface area contributed by atoms with E-state index in [2.05, 4.69) is 17.1 Å². The molecule has 2 atom stereocenters. The van der Waals surface area contributed by atoms with Crippen LogP contribution in [-0.2, 0) is 4.79 Å². The van der Waals surface area contributed by atoms with Gasteiger partial charge >= 0.3 is 0 Å². The number of carbonyl (C=O) groups excluding carboxylic acids is 1. The van der Waals surface area contributed by atoms with Gasteiger partial charge in [-0.3, -0.25) is 4.79 Å². The van der Waals surface area contributed by atoms with Gasteiger partial charge < -0.3 is 15.6 Å². The second-order valence-electron chi connectivity index (χ2n) is 5.23. The summed E-state index contributed by atoms with van der Waals surface area (Å²) in [6.07, 6.45) is 3.01. The molecule has 4 nitrogen and oxygen atoms in total. The fraction of sp³-hybridized carbons (Fsp3) is 0.400. The van der Waals surface area contributed by atoms with Crippen molar-refractivity contribution < 1.29 is 4.79 Å². The van der Waals surface area contributed by atoms with Crippen LogP contribution < -0.4 is 5.73 Å². The monoisotopic (exact) mass is 257 g/mol. The third kappa shape index (κ3) is 1.92. The van der Waals surface area contributed by atoms with E-state index in [0.29, 0.717) is 12.5 Å². The van der Waals surface area contributed by atoms with Gasteiger partial charge in [-0.2, -0.15) is 0 Å². The molecule has 3 rings (SSSR count). The van der Waals surface area contributed by atoms with Crippen molar-refractivity contribution >= 4 is 16.8 Å². The van der Waals surface area contributed by atoms with E-state index in [1.807, 2.05) is 23.2 Å². The molecule has 0 spiro atoms. The van der Waals surface area contributed by atoms with Crippen LogP contribution in [0.15, 0.2) is 30.5 Å². The number of carbonyl (C=O) groups is 1. The van der Waals surface area contributed by atoms with Crippen LogP contribution in [0.1, 0.15) is 24.9 Å². The maximum atomic E-state index is 11.8. The van der Waals surface area contributed by atoms with Gasteiger partial charge in [-0.25, -0.2) is 0 Å². The first-order valence-corrected chi connectivity index (χ1v) is 6.75. The summed E-state index contributed by atoms with van der Waals surface area (Å²) in [7, 11) is 0. The zero-order valence-electron chi connectivity index (χ0n) is 11.1. The SMILES string of the molecule is CC(=O)N1CCC(CN)C1c1c[nH]c2ccccc12. The third-order valence-electron chi connectivity index (χ3n) is 4.17. The average Bonchev–Trinajstić information content (AvgIpc) is 3.01. The zero-order chi connectivity index (χ0) is 13.4. The van der Waals surface area contributed by atoms with Crippen molar-refractivity contribution in [2.24, 2.45) is 11.7 Å². The molecule has 2 heterocycles. The van der Waals surface area contributed by atoms with Crippen LogP contribution in [0.25, 0.3) is 10.9 Å². The number of H-pyrrole nitrogens is 1. The molecule has 100 valence electrons. The highest BCUT2D eigenvalue weighted by Gasteiger charge is 2.37. The number of nitrogens with zero attached hydrogens (tertiary/aromatic N) is 1. The first-order chi connectivity index (χ1) is 9.22. The lowest BCUT2D eigenvalue weighted by atomic mass is 9.93. The lowest BCUT2D eigenvalue weighted by Crippen LogP contribution is -2.31. The average molecular weight is 257 g/mol. The Balaban J connectivity index is 2.09. The predicted octanol–water partition coefficient (Wildman–Crippen LogP) is 2.04. The van der Waals surface area contributed by atoms with Gasteiger partial charge in [0.15, 0.2) is 0 Å². The maximum Gasteiger partial charge on any atom is 0.219 e. The number of aromatic amines is 1. The van der Waals surface area contributed by atoms with E-state index in [1.54, 1.807) is 6.92 Å². The standard InChI is InChI=1S/C15H19N3O/c1-10(19)18-7-6-11(8-16)15(18)13-9-17-14-5-3-2-4-12(13)14/h2-5,9,11,15,17H,6-8,16H2,1H3. The number of para-hydroxylation sites is 1. The number of fused-ring (bicyclic) bond motifs is 1. The fourth-order valence-electron chi connectivity index (χ4n) is 3.22. The fourth-order valence-corrected chi connectivity index (χ4v) is 3.22. The van der Waals surface area contributed by atoms with Crippen molar-refractivity contribution in [3.8, 4) is 0 Å². The van der Waals surface area contributed by atoms with E-state index in [9.17, 15) is 4.79 Å². The molecule has 0 aliphatic carbocycles. The number of benzene rings is 1. The lowest BCUT2D eigenvalue weighted by molar-refractivity contribution is -0.130. The highest BCUT2D eigenvalue weighted by Crippen LogP contribution is 2.39. The number of likely N-dealkylation sites (tertiary alicyclic amines) is 1. The van der Waals surface area contributed by atoms with Gasteiger partial charge in [0.2, 0.25) is 5.91 Å². The Morgan fingerprint density at radius 2 is 2.26 bits per heavy atom. The Kier molecular flexibility index (Phi) is 3.03. The lowest BCUT2D eigenvalue weighted by Gasteiger charge is -2.26. The molecule has 1 aromatic carbocycles. The Morgan fingerprint density at radius 1 is 1.47 bits per heavy atom. The first kappa shape index (κ1) is 12.2. The van der Waals surface area contributed by atoms with E-state index in [1.165, 1.54) is 10.9 Å². The molecule has 1 amide bonds. The van der Waals surface area contributed by atoms with Gasteiger partial charge in [0.05, 0.1) is 6.04 Å². The van der Waals surface area contributed by atoms with Crippen molar-refractivity contribution in [1.29, 1.82) is 0 Å². The normalized spacial score (nSPS) is 23.2. The van der Waals surface area contributed by atoms with E-state index in [4.69, 9.17) is 5.73 Å². The Labute approximate surface area is 112 Å². The summed E-state index contributed by atoms with van der Waals surface area (Å²) < 4.78 is 0. The molecule has 0 radical (unpaired) electrons. The summed E-state index contributed by atoms with van der Waals surface area (Å²) >= 11 is 0. The molecule has 2 aromatic rings. The van der Waals surface area contributed by atoms with Crippen LogP contribution in [0.4, 0.5) is 0 Å². The van der Waals surface area contributed by atoms with E-state index in [0.717, 1.165) is 18.5 Å². The van der Waals surface area contributed by atoms with Crippen LogP contribution in [0.5, 0.6) is 0 Å². The second kappa shape index (κ2) is 4.70. The molecular formula is C15H19N3O. The molecule has 4 heteroatoms. The molecule has 19 heavy (non-hydrogen) atoms. The molecule has 1 saturated heterocycles. The molecule has 3 N–H and O–H groups in total. The highest BCUT2D eigenvalue weighted by molar-refractivity contribution is 5.84. The van der Waals surface area contributed by atoms with Gasteiger partial charge in [-0.05, 0) is 24.9 Å². The van der Waals surface area contributed by atoms with Gasteiger partial charge in [0.1, 0.15) is 0 Å². The van der Waals surface area contributed by atoms with Gasteiger partial charge in [-0.1, -0.05) is 18.2 Å². The Bertz CT molecular complexity index is 604. The summed E-state index contributed by atoms with van der Waals surface area (Å²) in [5, 5.41) is 1.19. The predicted molar refractivity (Wildman–Crippen MR) is 75.6 cm³/mol. The summed E-state index contributed by atoms with van der Waals surface area (Å²) in [5.41, 5.74) is 8.20. The topological polar surface area (TPSA) is 62.1 Å². The summed E-state index contributed by atoms with van der Waals surface area (Å²) in [6.45, 7) is 3.07. The minimum absolute atomic E-state index is 0.110. The number of nitrogens with one attached hydrogen (secondary N) is 1. The van der Waals surface area contributed by atoms with E-state index in [-0.39, 0.29) is 11.9 Å². The molecule has 1 fully saturated rings. The molecule has 2 unspecified atom stereocenters. The number of rotatable bonds is 2. The minimum atomic E-state index is 0.110. The summed E-state index contributed by atoms with van der Waals surface area (Å²) in [5.74, 6) is 0.481. The molecule has 1 aliphatic rings. The van der Waals surface area contributed by atoms with Crippen LogP contribution in [0.3, 0.4) is 0 Å². The molecular weight excluding hydrogens is 238 g/mol. The summed E-state index contributed by atoms with van der Waals surface area (Å²) in [6, 6.07) is 8.32. The molecule has 1 aromatic heterocycles. The number of hydrogen-bond acceptors (Lipinski definition) is 2. The zero-order valence-corrected chi connectivity index (χ0v) is 11.1. The Hall–Kier alpha value is -1.81. The van der Waals surface area contributed by atoms with Gasteiger partial charge in [0, 0.05) is 36.1 Å². The molecule has 1 aliphatic heterocycles. The van der Waals surface area contributed by atoms with Crippen molar-refractivity contribution in [3.63, 3.8) is 0 Å². The smallest absolute Gasteiger partial charge is 0.219 e. The largest absolute Gasteiger partial charge is 0.361 e. The highest BCUT2D eigenvalue weighted by atomic mass is 16.2. The van der Waals surface area contributed by atoms with Crippen LogP contribution in [-0.4, -0.2) is 28.9 Å². The van der Waals surface area contributed by atoms with Crippen molar-refractivity contribution in [3.05, 3.63) is 36.0 Å². The van der Waals surface area contributed by atoms with Gasteiger partial charge in [0.25, 0.3) is 0 Å². The van der Waals surface area contributed by atoms with Crippen molar-refractivity contribution in [2.75, 3.05) is 13.1 Å². The van der Waals surface area contributed by atoms with Crippen LogP contribution in [0.2, 0.25) is 0 Å². The minimum Gasteiger partial charge on any atom is -0.361 e. The maximum absolute atomic E-state index is 11.8. The number of amides is 1. The number of hydrogen-bond donors (Lipinski definition) is 2. The second-order valence-corrected chi connectivity index (χ2v) is 5.23. The number of nitrogens with two attached hydrogens (primary N) is 1. The summed E-state index contributed by atoms with van der Waals surface area (Å²) in [4.78, 5) is 17.1. The van der Waals surface area contributed by atoms with Gasteiger partial charge in [-0.15, -0.1) is 0 Å². The van der Waals surface area contributed by atoms with Crippen LogP contribution >= 0.6 is 0 Å². The Morgan fingerprint density at radius 3 is 3.00 bits per heavy atom. The van der Waals surface area contributed by atoms with E-state index >= 15 is 0 Å². The van der Waals surface area contributed by atoms with Crippen molar-refractivity contribution in [2.45, 2.75) is 19.4 Å². The molecule has 0 bridgehead atoms. The van der Waals surface area contributed by atoms with Crippen molar-refractivity contribution in [1.82, 2.24) is 9.88 Å². The van der Waals surface area contributed by atoms with E-state index < -0.39 is 0 Å².